The highest BCUT2D eigenvalue weighted by atomic mass is 35.5. The molecule has 1 aromatic carbocycles. The molecule has 9 nitrogen and oxygen atoms in total. The molecular weight excluding hydrogens is 484 g/mol. The van der Waals surface area contributed by atoms with E-state index < -0.39 is 5.91 Å². The number of nitrogens with one attached hydrogen (secondary N) is 1. The predicted octanol–water partition coefficient (Wildman–Crippen LogP) is 4.88. The molecule has 1 aliphatic rings. The van der Waals surface area contributed by atoms with Crippen LogP contribution in [0.25, 0.3) is 0 Å². The highest BCUT2D eigenvalue weighted by Gasteiger charge is 2.26. The van der Waals surface area contributed by atoms with Gasteiger partial charge in [-0.3, -0.25) is 14.3 Å². The zero-order valence-electron chi connectivity index (χ0n) is 21.0. The van der Waals surface area contributed by atoms with Gasteiger partial charge in [-0.05, 0) is 55.2 Å². The van der Waals surface area contributed by atoms with Crippen molar-refractivity contribution in [2.45, 2.75) is 46.8 Å². The van der Waals surface area contributed by atoms with Crippen molar-refractivity contribution in [3.05, 3.63) is 63.8 Å². The smallest absolute Gasteiger partial charge is 0.291 e. The fraction of sp³-hybridized carbons (Fsp3) is 0.423. The molecule has 3 heterocycles. The first-order chi connectivity index (χ1) is 17.3. The molecule has 0 atom stereocenters. The second-order valence-electron chi connectivity index (χ2n) is 8.93. The average molecular weight is 515 g/mol. The van der Waals surface area contributed by atoms with Gasteiger partial charge in [-0.25, -0.2) is 0 Å². The van der Waals surface area contributed by atoms with Crippen molar-refractivity contribution in [3.8, 4) is 5.75 Å². The molecule has 192 valence electrons. The van der Waals surface area contributed by atoms with E-state index in [1.54, 1.807) is 21.7 Å². The van der Waals surface area contributed by atoms with Gasteiger partial charge in [-0.15, -0.1) is 0 Å². The van der Waals surface area contributed by atoms with Gasteiger partial charge in [-0.1, -0.05) is 25.4 Å². The summed E-state index contributed by atoms with van der Waals surface area (Å²) in [6.07, 6.45) is 1.48. The summed E-state index contributed by atoms with van der Waals surface area (Å²) in [6, 6.07) is 7.11. The van der Waals surface area contributed by atoms with Crippen LogP contribution < -0.4 is 10.1 Å². The van der Waals surface area contributed by atoms with Crippen LogP contribution in [0.4, 0.5) is 5.69 Å². The highest BCUT2D eigenvalue weighted by molar-refractivity contribution is 6.31. The quantitative estimate of drug-likeness (QED) is 0.459. The van der Waals surface area contributed by atoms with Crippen molar-refractivity contribution < 1.29 is 23.5 Å². The number of rotatable bonds is 8. The Bertz CT molecular complexity index is 1240. The van der Waals surface area contributed by atoms with Crippen LogP contribution in [0, 0.1) is 6.92 Å². The van der Waals surface area contributed by atoms with Crippen LogP contribution in [0.3, 0.4) is 0 Å². The number of aromatic nitrogens is 2. The summed E-state index contributed by atoms with van der Waals surface area (Å²) >= 11 is 6.28. The molecular formula is C26H31ClN4O5. The largest absolute Gasteiger partial charge is 0.485 e. The van der Waals surface area contributed by atoms with E-state index in [-0.39, 0.29) is 24.2 Å². The van der Waals surface area contributed by atoms with Crippen LogP contribution in [0.2, 0.25) is 5.02 Å². The van der Waals surface area contributed by atoms with Crippen molar-refractivity contribution in [1.29, 1.82) is 0 Å². The molecule has 3 aromatic rings. The van der Waals surface area contributed by atoms with Gasteiger partial charge in [0.2, 0.25) is 0 Å². The van der Waals surface area contributed by atoms with Crippen molar-refractivity contribution in [1.82, 2.24) is 14.7 Å². The van der Waals surface area contributed by atoms with Gasteiger partial charge in [0.15, 0.2) is 5.76 Å². The summed E-state index contributed by atoms with van der Waals surface area (Å²) in [4.78, 5) is 27.8. The monoisotopic (exact) mass is 514 g/mol. The number of nitrogens with zero attached hydrogens (tertiary/aromatic N) is 3. The number of aryl methyl sites for hydroxylation is 2. The standard InChI is InChI=1S/C26H31ClN4O5/c1-5-31-24(26(33)30-8-10-34-11-9-30)21(14-28-31)29-25(32)22-7-6-18(36-22)15-35-23-12-17(4)20(27)13-19(23)16(2)3/h6-7,12-14,16H,5,8-11,15H2,1-4H3,(H,29,32). The zero-order valence-corrected chi connectivity index (χ0v) is 21.7. The number of carbonyl (C=O) groups is 2. The minimum atomic E-state index is -0.474. The maximum atomic E-state index is 13.1. The van der Waals surface area contributed by atoms with E-state index in [1.807, 2.05) is 26.0 Å². The molecule has 2 aromatic heterocycles. The van der Waals surface area contributed by atoms with Crippen molar-refractivity contribution in [2.24, 2.45) is 0 Å². The van der Waals surface area contributed by atoms with Crippen LogP contribution in [-0.2, 0) is 17.9 Å². The summed E-state index contributed by atoms with van der Waals surface area (Å²) in [5, 5.41) is 7.74. The molecule has 1 saturated heterocycles. The first-order valence-corrected chi connectivity index (χ1v) is 12.4. The number of anilines is 1. The van der Waals surface area contributed by atoms with Gasteiger partial charge in [-0.2, -0.15) is 5.10 Å². The third-order valence-electron chi connectivity index (χ3n) is 6.06. The van der Waals surface area contributed by atoms with Gasteiger partial charge in [0.05, 0.1) is 25.1 Å². The van der Waals surface area contributed by atoms with Crippen molar-refractivity contribution in [3.63, 3.8) is 0 Å². The topological polar surface area (TPSA) is 98.8 Å². The first-order valence-electron chi connectivity index (χ1n) is 12.0. The van der Waals surface area contributed by atoms with Gasteiger partial charge in [0.25, 0.3) is 11.8 Å². The summed E-state index contributed by atoms with van der Waals surface area (Å²) in [5.74, 6) is 0.899. The van der Waals surface area contributed by atoms with Crippen LogP contribution >= 0.6 is 11.6 Å². The number of benzene rings is 1. The average Bonchev–Trinajstić information content (AvgIpc) is 3.51. The summed E-state index contributed by atoms with van der Waals surface area (Å²) < 4.78 is 18.7. The number of hydrogen-bond acceptors (Lipinski definition) is 6. The number of halogens is 1. The van der Waals surface area contributed by atoms with Crippen molar-refractivity contribution in [2.75, 3.05) is 31.6 Å². The lowest BCUT2D eigenvalue weighted by atomic mass is 10.0. The molecule has 10 heteroatoms. The maximum absolute atomic E-state index is 13.1. The van der Waals surface area contributed by atoms with Crippen LogP contribution in [-0.4, -0.2) is 52.8 Å². The number of furan rings is 1. The fourth-order valence-corrected chi connectivity index (χ4v) is 4.19. The number of amides is 2. The lowest BCUT2D eigenvalue weighted by Gasteiger charge is -2.27. The van der Waals surface area contributed by atoms with E-state index in [2.05, 4.69) is 24.3 Å². The number of hydrogen-bond donors (Lipinski definition) is 1. The van der Waals surface area contributed by atoms with E-state index >= 15 is 0 Å². The van der Waals surface area contributed by atoms with Gasteiger partial charge in [0.1, 0.15) is 23.8 Å². The summed E-state index contributed by atoms with van der Waals surface area (Å²) in [7, 11) is 0. The molecule has 0 aliphatic carbocycles. The second kappa shape index (κ2) is 11.2. The van der Waals surface area contributed by atoms with E-state index in [1.165, 1.54) is 6.20 Å². The minimum absolute atomic E-state index is 0.110. The number of carbonyl (C=O) groups excluding carboxylic acids is 2. The molecule has 4 rings (SSSR count). The zero-order chi connectivity index (χ0) is 25.8. The molecule has 36 heavy (non-hydrogen) atoms. The minimum Gasteiger partial charge on any atom is -0.485 e. The molecule has 0 radical (unpaired) electrons. The Hall–Kier alpha value is -3.30. The van der Waals surface area contributed by atoms with E-state index in [9.17, 15) is 9.59 Å². The molecule has 1 aliphatic heterocycles. The van der Waals surface area contributed by atoms with Gasteiger partial charge in [0, 0.05) is 24.7 Å². The van der Waals surface area contributed by atoms with Crippen LogP contribution in [0.1, 0.15) is 64.6 Å². The molecule has 0 unspecified atom stereocenters. The van der Waals surface area contributed by atoms with E-state index in [4.69, 9.17) is 25.5 Å². The van der Waals surface area contributed by atoms with Gasteiger partial charge < -0.3 is 24.1 Å². The molecule has 2 amide bonds. The van der Waals surface area contributed by atoms with Gasteiger partial charge >= 0.3 is 0 Å². The maximum Gasteiger partial charge on any atom is 0.291 e. The first kappa shape index (κ1) is 25.8. The SMILES string of the molecule is CCn1ncc(NC(=O)c2ccc(COc3cc(C)c(Cl)cc3C(C)C)o2)c1C(=O)N1CCOCC1. The fourth-order valence-electron chi connectivity index (χ4n) is 4.02. The Kier molecular flexibility index (Phi) is 8.01. The Morgan fingerprint density at radius 3 is 2.67 bits per heavy atom. The molecule has 1 fully saturated rings. The summed E-state index contributed by atoms with van der Waals surface area (Å²) in [6.45, 7) is 10.6. The molecule has 0 spiro atoms. The molecule has 0 bridgehead atoms. The summed E-state index contributed by atoms with van der Waals surface area (Å²) in [5.41, 5.74) is 2.60. The highest BCUT2D eigenvalue weighted by Crippen LogP contribution is 2.32. The lowest BCUT2D eigenvalue weighted by molar-refractivity contribution is 0.0295. The van der Waals surface area contributed by atoms with Crippen LogP contribution in [0.15, 0.2) is 34.9 Å². The second-order valence-corrected chi connectivity index (χ2v) is 9.34. The third-order valence-corrected chi connectivity index (χ3v) is 6.46. The van der Waals surface area contributed by atoms with E-state index in [0.717, 1.165) is 16.9 Å². The Morgan fingerprint density at radius 1 is 1.22 bits per heavy atom. The molecule has 0 saturated carbocycles. The van der Waals surface area contributed by atoms with E-state index in [0.29, 0.717) is 55.0 Å². The normalized spacial score (nSPS) is 13.8. The number of ether oxygens (including phenoxy) is 2. The Balaban J connectivity index is 1.46. The third kappa shape index (κ3) is 5.57. The van der Waals surface area contributed by atoms with Crippen molar-refractivity contribution >= 4 is 29.1 Å². The van der Waals surface area contributed by atoms with Crippen LogP contribution in [0.5, 0.6) is 5.75 Å². The number of morpholine rings is 1. The Labute approximate surface area is 215 Å². The predicted molar refractivity (Wildman–Crippen MR) is 136 cm³/mol. The Morgan fingerprint density at radius 2 is 1.97 bits per heavy atom. The molecule has 1 N–H and O–H groups in total. The lowest BCUT2D eigenvalue weighted by Crippen LogP contribution is -2.41.